The molecule has 0 aliphatic heterocycles. The maximum Gasteiger partial charge on any atom is 0.0577 e. The van der Waals surface area contributed by atoms with Gasteiger partial charge in [0.05, 0.1) is 11.4 Å². The van der Waals surface area contributed by atoms with Gasteiger partial charge in [-0.25, -0.2) is 0 Å². The van der Waals surface area contributed by atoms with Crippen molar-refractivity contribution < 1.29 is 0 Å². The Labute approximate surface area is 80.4 Å². The van der Waals surface area contributed by atoms with Crippen molar-refractivity contribution in [1.82, 2.24) is 0 Å². The van der Waals surface area contributed by atoms with Crippen LogP contribution in [0.1, 0.15) is 20.8 Å². The summed E-state index contributed by atoms with van der Waals surface area (Å²) in [6.07, 6.45) is 0. The van der Waals surface area contributed by atoms with Crippen molar-refractivity contribution in [3.63, 3.8) is 0 Å². The molecule has 0 aliphatic rings. The Morgan fingerprint density at radius 1 is 1.15 bits per heavy atom. The van der Waals surface area contributed by atoms with Crippen molar-refractivity contribution in [2.45, 2.75) is 26.8 Å². The van der Waals surface area contributed by atoms with E-state index in [1.54, 1.807) is 0 Å². The first-order valence-corrected chi connectivity index (χ1v) is 4.83. The molecule has 0 atom stereocenters. The van der Waals surface area contributed by atoms with Crippen molar-refractivity contribution in [2.75, 3.05) is 17.2 Å². The minimum Gasteiger partial charge on any atom is -0.384 e. The molecule has 1 aromatic rings. The molecule has 72 valence electrons. The maximum atomic E-state index is 3.40. The summed E-state index contributed by atoms with van der Waals surface area (Å²) in [5, 5.41) is 6.71. The van der Waals surface area contributed by atoms with E-state index in [0.717, 1.165) is 6.54 Å². The van der Waals surface area contributed by atoms with Crippen LogP contribution in [-0.4, -0.2) is 12.6 Å². The number of hydrogen-bond donors (Lipinski definition) is 2. The molecule has 0 bridgehead atoms. The number of rotatable bonds is 4. The molecule has 0 amide bonds. The van der Waals surface area contributed by atoms with Gasteiger partial charge in [-0.05, 0) is 32.9 Å². The molecule has 1 rings (SSSR count). The van der Waals surface area contributed by atoms with Gasteiger partial charge in [0.25, 0.3) is 0 Å². The van der Waals surface area contributed by atoms with Gasteiger partial charge in [-0.15, -0.1) is 0 Å². The molecular formula is C11H18N2. The van der Waals surface area contributed by atoms with Crippen LogP contribution < -0.4 is 10.6 Å². The fraction of sp³-hybridized carbons (Fsp3) is 0.455. The Bertz CT molecular complexity index is 256. The van der Waals surface area contributed by atoms with Crippen molar-refractivity contribution in [1.29, 1.82) is 0 Å². The van der Waals surface area contributed by atoms with E-state index in [0.29, 0.717) is 6.04 Å². The van der Waals surface area contributed by atoms with E-state index in [-0.39, 0.29) is 0 Å². The Morgan fingerprint density at radius 3 is 2.31 bits per heavy atom. The largest absolute Gasteiger partial charge is 0.384 e. The summed E-state index contributed by atoms with van der Waals surface area (Å²) in [5.74, 6) is 0. The Balaban J connectivity index is 2.78. The van der Waals surface area contributed by atoms with E-state index in [1.165, 1.54) is 11.4 Å². The predicted molar refractivity (Wildman–Crippen MR) is 59.4 cm³/mol. The highest BCUT2D eigenvalue weighted by Crippen LogP contribution is 2.21. The van der Waals surface area contributed by atoms with Gasteiger partial charge in [-0.2, -0.15) is 0 Å². The molecule has 0 aromatic heterocycles. The molecule has 0 unspecified atom stereocenters. The van der Waals surface area contributed by atoms with Crippen LogP contribution in [0, 0.1) is 0 Å². The lowest BCUT2D eigenvalue weighted by Crippen LogP contribution is -2.11. The number of benzene rings is 1. The van der Waals surface area contributed by atoms with E-state index in [9.17, 15) is 0 Å². The second-order valence-electron chi connectivity index (χ2n) is 3.37. The summed E-state index contributed by atoms with van der Waals surface area (Å²) in [6, 6.07) is 8.75. The second kappa shape index (κ2) is 4.75. The fourth-order valence-electron chi connectivity index (χ4n) is 1.26. The van der Waals surface area contributed by atoms with E-state index in [2.05, 4.69) is 43.5 Å². The topological polar surface area (TPSA) is 24.1 Å². The summed E-state index contributed by atoms with van der Waals surface area (Å²) >= 11 is 0. The molecule has 2 heteroatoms. The number of anilines is 2. The molecule has 2 N–H and O–H groups in total. The van der Waals surface area contributed by atoms with E-state index < -0.39 is 0 Å². The third-order valence-corrected chi connectivity index (χ3v) is 1.74. The highest BCUT2D eigenvalue weighted by Gasteiger charge is 2.00. The minimum absolute atomic E-state index is 0.472. The van der Waals surface area contributed by atoms with Crippen LogP contribution in [0.5, 0.6) is 0 Å². The van der Waals surface area contributed by atoms with Crippen LogP contribution in [-0.2, 0) is 0 Å². The highest BCUT2D eigenvalue weighted by atomic mass is 15.0. The lowest BCUT2D eigenvalue weighted by atomic mass is 10.2. The minimum atomic E-state index is 0.472. The van der Waals surface area contributed by atoms with Gasteiger partial charge < -0.3 is 10.6 Å². The summed E-state index contributed by atoms with van der Waals surface area (Å²) in [7, 11) is 0. The van der Waals surface area contributed by atoms with Gasteiger partial charge in [-0.1, -0.05) is 12.1 Å². The molecular weight excluding hydrogens is 160 g/mol. The SMILES string of the molecule is CCNc1ccccc1NC(C)C. The molecule has 0 saturated carbocycles. The van der Waals surface area contributed by atoms with Crippen molar-refractivity contribution in [2.24, 2.45) is 0 Å². The first-order valence-electron chi connectivity index (χ1n) is 4.83. The van der Waals surface area contributed by atoms with Crippen molar-refractivity contribution in [3.05, 3.63) is 24.3 Å². The van der Waals surface area contributed by atoms with Crippen LogP contribution in [0.3, 0.4) is 0 Å². The molecule has 0 saturated heterocycles. The molecule has 0 fully saturated rings. The lowest BCUT2D eigenvalue weighted by Gasteiger charge is -2.14. The van der Waals surface area contributed by atoms with Crippen LogP contribution in [0.2, 0.25) is 0 Å². The number of hydrogen-bond acceptors (Lipinski definition) is 2. The summed E-state index contributed by atoms with van der Waals surface area (Å²) in [6.45, 7) is 7.34. The van der Waals surface area contributed by atoms with Gasteiger partial charge in [0.1, 0.15) is 0 Å². The van der Waals surface area contributed by atoms with E-state index in [1.807, 2.05) is 12.1 Å². The monoisotopic (exact) mass is 178 g/mol. The number of nitrogens with one attached hydrogen (secondary N) is 2. The third-order valence-electron chi connectivity index (χ3n) is 1.74. The molecule has 1 aromatic carbocycles. The molecule has 13 heavy (non-hydrogen) atoms. The summed E-state index contributed by atoms with van der Waals surface area (Å²) in [5.41, 5.74) is 2.36. The first kappa shape index (κ1) is 9.90. The zero-order chi connectivity index (χ0) is 9.68. The van der Waals surface area contributed by atoms with Gasteiger partial charge in [-0.3, -0.25) is 0 Å². The third kappa shape index (κ3) is 2.98. The molecule has 0 spiro atoms. The van der Waals surface area contributed by atoms with Gasteiger partial charge in [0.15, 0.2) is 0 Å². The Hall–Kier alpha value is -1.18. The highest BCUT2D eigenvalue weighted by molar-refractivity contribution is 5.68. The van der Waals surface area contributed by atoms with Crippen LogP contribution in [0.25, 0.3) is 0 Å². The van der Waals surface area contributed by atoms with Crippen LogP contribution in [0.15, 0.2) is 24.3 Å². The standard InChI is InChI=1S/C11H18N2/c1-4-12-10-7-5-6-8-11(10)13-9(2)3/h5-9,12-13H,4H2,1-3H3. The van der Waals surface area contributed by atoms with Crippen LogP contribution >= 0.6 is 0 Å². The average Bonchev–Trinajstić information content (AvgIpc) is 2.08. The zero-order valence-electron chi connectivity index (χ0n) is 8.59. The summed E-state index contributed by atoms with van der Waals surface area (Å²) < 4.78 is 0. The maximum absolute atomic E-state index is 3.40. The molecule has 0 radical (unpaired) electrons. The molecule has 0 heterocycles. The fourth-order valence-corrected chi connectivity index (χ4v) is 1.26. The molecule has 0 aliphatic carbocycles. The quantitative estimate of drug-likeness (QED) is 0.740. The van der Waals surface area contributed by atoms with Gasteiger partial charge in [0.2, 0.25) is 0 Å². The summed E-state index contributed by atoms with van der Waals surface area (Å²) in [4.78, 5) is 0. The smallest absolute Gasteiger partial charge is 0.0577 e. The predicted octanol–water partition coefficient (Wildman–Crippen LogP) is 2.94. The van der Waals surface area contributed by atoms with E-state index >= 15 is 0 Å². The van der Waals surface area contributed by atoms with Crippen LogP contribution in [0.4, 0.5) is 11.4 Å². The van der Waals surface area contributed by atoms with Crippen molar-refractivity contribution in [3.8, 4) is 0 Å². The van der Waals surface area contributed by atoms with Gasteiger partial charge >= 0.3 is 0 Å². The normalized spacial score (nSPS) is 10.2. The van der Waals surface area contributed by atoms with E-state index in [4.69, 9.17) is 0 Å². The Morgan fingerprint density at radius 2 is 1.77 bits per heavy atom. The van der Waals surface area contributed by atoms with Crippen molar-refractivity contribution >= 4 is 11.4 Å². The Kier molecular flexibility index (Phi) is 3.62. The lowest BCUT2D eigenvalue weighted by molar-refractivity contribution is 0.899. The first-order chi connectivity index (χ1) is 6.24. The molecule has 2 nitrogen and oxygen atoms in total. The second-order valence-corrected chi connectivity index (χ2v) is 3.37. The zero-order valence-corrected chi connectivity index (χ0v) is 8.59. The van der Waals surface area contributed by atoms with Gasteiger partial charge in [0, 0.05) is 12.6 Å². The average molecular weight is 178 g/mol. The number of para-hydroxylation sites is 2.